The Bertz CT molecular complexity index is 1310. The number of rotatable bonds is 12. The Hall–Kier alpha value is -2.67. The summed E-state index contributed by atoms with van der Waals surface area (Å²) >= 11 is 0. The van der Waals surface area contributed by atoms with Crippen LogP contribution in [0.2, 0.25) is 0 Å². The predicted octanol–water partition coefficient (Wildman–Crippen LogP) is 5.92. The average molecular weight is 533 g/mol. The smallest absolute Gasteiger partial charge is 0.184 e. The highest BCUT2D eigenvalue weighted by atomic mass is 32.2. The van der Waals surface area contributed by atoms with E-state index in [0.29, 0.717) is 11.4 Å². The lowest BCUT2D eigenvalue weighted by Crippen LogP contribution is -2.50. The maximum Gasteiger partial charge on any atom is 0.184 e. The molecule has 0 saturated carbocycles. The van der Waals surface area contributed by atoms with Crippen molar-refractivity contribution in [1.29, 1.82) is 0 Å². The summed E-state index contributed by atoms with van der Waals surface area (Å²) in [6, 6.07) is 24.3. The van der Waals surface area contributed by atoms with Crippen molar-refractivity contribution in [2.45, 2.75) is 86.7 Å². The van der Waals surface area contributed by atoms with E-state index in [4.69, 9.17) is 4.74 Å². The Labute approximate surface area is 227 Å². The lowest BCUT2D eigenvalue weighted by atomic mass is 9.94. The lowest BCUT2D eigenvalue weighted by molar-refractivity contribution is 0.409. The summed E-state index contributed by atoms with van der Waals surface area (Å²) in [4.78, 5) is 0.448. The number of sulfone groups is 1. The van der Waals surface area contributed by atoms with Crippen molar-refractivity contribution in [2.75, 3.05) is 7.11 Å². The highest BCUT2D eigenvalue weighted by molar-refractivity contribution is 7.92. The molecule has 3 aromatic carbocycles. The summed E-state index contributed by atoms with van der Waals surface area (Å²) in [5.74, 6) is 0.839. The average Bonchev–Trinajstić information content (AvgIpc) is 3.57. The zero-order valence-corrected chi connectivity index (χ0v) is 23.3. The predicted molar refractivity (Wildman–Crippen MR) is 154 cm³/mol. The van der Waals surface area contributed by atoms with E-state index in [1.807, 2.05) is 42.5 Å². The molecule has 2 heterocycles. The standard InChI is InChI=1S/C32H40N2O3S/c1-3-4-5-6-8-23-13-17-28(18-14-23)38(35,36)32-30-20-19-29(34-30)31(32)33-22-24-11-15-25(16-12-24)26-9-7-10-27(21-26)37-2/h7,9-18,21,29-34H,3-6,8,19-20,22H2,1-2H3/t29-,30+,31-,32-/m1/s1. The fraction of sp³-hybridized carbons (Fsp3) is 0.438. The number of methoxy groups -OCH3 is 1. The molecule has 6 heteroatoms. The van der Waals surface area contributed by atoms with Gasteiger partial charge in [0.05, 0.1) is 17.3 Å². The molecule has 2 aliphatic rings. The number of ether oxygens (including phenoxy) is 1. The van der Waals surface area contributed by atoms with Gasteiger partial charge in [0.1, 0.15) is 5.75 Å². The molecule has 2 fully saturated rings. The molecule has 2 aliphatic heterocycles. The van der Waals surface area contributed by atoms with E-state index in [1.165, 1.54) is 24.8 Å². The van der Waals surface area contributed by atoms with Crippen molar-refractivity contribution in [2.24, 2.45) is 0 Å². The fourth-order valence-electron chi connectivity index (χ4n) is 6.10. The zero-order valence-electron chi connectivity index (χ0n) is 22.5. The van der Waals surface area contributed by atoms with Crippen LogP contribution in [0.1, 0.15) is 56.6 Å². The molecule has 2 saturated heterocycles. The molecule has 38 heavy (non-hydrogen) atoms. The van der Waals surface area contributed by atoms with Crippen LogP contribution in [0, 0.1) is 0 Å². The molecule has 0 unspecified atom stereocenters. The summed E-state index contributed by atoms with van der Waals surface area (Å²) < 4.78 is 33.0. The molecule has 2 N–H and O–H groups in total. The maximum atomic E-state index is 13.8. The van der Waals surface area contributed by atoms with E-state index in [2.05, 4.69) is 47.9 Å². The van der Waals surface area contributed by atoms with E-state index >= 15 is 0 Å². The second kappa shape index (κ2) is 12.0. The molecule has 5 nitrogen and oxygen atoms in total. The monoisotopic (exact) mass is 532 g/mol. The molecule has 0 amide bonds. The van der Waals surface area contributed by atoms with Gasteiger partial charge in [-0.25, -0.2) is 8.42 Å². The first-order valence-electron chi connectivity index (χ1n) is 14.0. The van der Waals surface area contributed by atoms with Gasteiger partial charge in [0, 0.05) is 24.7 Å². The third-order valence-corrected chi connectivity index (χ3v) is 10.5. The van der Waals surface area contributed by atoms with Crippen LogP contribution in [0.5, 0.6) is 5.75 Å². The molecule has 0 aromatic heterocycles. The minimum absolute atomic E-state index is 0.00616. The first-order chi connectivity index (χ1) is 18.5. The second-order valence-corrected chi connectivity index (χ2v) is 12.9. The molecule has 0 aliphatic carbocycles. The molecule has 4 atom stereocenters. The van der Waals surface area contributed by atoms with Crippen LogP contribution in [0.25, 0.3) is 11.1 Å². The highest BCUT2D eigenvalue weighted by Gasteiger charge is 2.53. The molecule has 0 spiro atoms. The van der Waals surface area contributed by atoms with Crippen molar-refractivity contribution < 1.29 is 13.2 Å². The Morgan fingerprint density at radius 2 is 1.61 bits per heavy atom. The topological polar surface area (TPSA) is 67.4 Å². The van der Waals surface area contributed by atoms with E-state index < -0.39 is 15.1 Å². The first kappa shape index (κ1) is 26.9. The number of hydrogen-bond acceptors (Lipinski definition) is 5. The van der Waals surface area contributed by atoms with Gasteiger partial charge in [-0.3, -0.25) is 0 Å². The van der Waals surface area contributed by atoms with Crippen molar-refractivity contribution in [3.8, 4) is 16.9 Å². The minimum atomic E-state index is -3.46. The molecule has 0 radical (unpaired) electrons. The number of aryl methyl sites for hydroxylation is 1. The quantitative estimate of drug-likeness (QED) is 0.284. The van der Waals surface area contributed by atoms with Gasteiger partial charge >= 0.3 is 0 Å². The maximum absolute atomic E-state index is 13.8. The molecular weight excluding hydrogens is 492 g/mol. The van der Waals surface area contributed by atoms with Crippen LogP contribution in [0.15, 0.2) is 77.7 Å². The Morgan fingerprint density at radius 3 is 2.34 bits per heavy atom. The van der Waals surface area contributed by atoms with Crippen LogP contribution < -0.4 is 15.4 Å². The van der Waals surface area contributed by atoms with Gasteiger partial charge in [-0.05, 0) is 72.2 Å². The Morgan fingerprint density at radius 1 is 0.868 bits per heavy atom. The second-order valence-electron chi connectivity index (χ2n) is 10.8. The highest BCUT2D eigenvalue weighted by Crippen LogP contribution is 2.36. The lowest BCUT2D eigenvalue weighted by Gasteiger charge is -2.30. The number of benzene rings is 3. The van der Waals surface area contributed by atoms with Gasteiger partial charge < -0.3 is 15.4 Å². The van der Waals surface area contributed by atoms with E-state index in [1.54, 1.807) is 7.11 Å². The number of hydrogen-bond donors (Lipinski definition) is 2. The molecule has 2 bridgehead atoms. The van der Waals surface area contributed by atoms with Crippen molar-refractivity contribution >= 4 is 9.84 Å². The summed E-state index contributed by atoms with van der Waals surface area (Å²) in [6.07, 6.45) is 7.80. The summed E-state index contributed by atoms with van der Waals surface area (Å²) in [5, 5.41) is 6.75. The zero-order chi connectivity index (χ0) is 26.5. The third-order valence-electron chi connectivity index (χ3n) is 8.23. The van der Waals surface area contributed by atoms with Crippen LogP contribution >= 0.6 is 0 Å². The van der Waals surface area contributed by atoms with Gasteiger partial charge in [-0.2, -0.15) is 0 Å². The summed E-state index contributed by atoms with van der Waals surface area (Å²) in [5.41, 5.74) is 4.60. The first-order valence-corrected chi connectivity index (χ1v) is 15.6. The molecule has 5 rings (SSSR count). The number of unbranched alkanes of at least 4 members (excludes halogenated alkanes) is 3. The molecule has 202 valence electrons. The molecule has 3 aromatic rings. The van der Waals surface area contributed by atoms with Crippen molar-refractivity contribution in [1.82, 2.24) is 10.6 Å². The summed E-state index contributed by atoms with van der Waals surface area (Å²) in [7, 11) is -1.78. The van der Waals surface area contributed by atoms with Gasteiger partial charge in [0.25, 0.3) is 0 Å². The van der Waals surface area contributed by atoms with Gasteiger partial charge in [-0.1, -0.05) is 74.7 Å². The van der Waals surface area contributed by atoms with Crippen molar-refractivity contribution in [3.05, 3.63) is 83.9 Å². The van der Waals surface area contributed by atoms with E-state index in [9.17, 15) is 8.42 Å². The number of fused-ring (bicyclic) bond motifs is 2. The van der Waals surface area contributed by atoms with Gasteiger partial charge in [0.15, 0.2) is 9.84 Å². The van der Waals surface area contributed by atoms with Crippen LogP contribution in [-0.2, 0) is 22.8 Å². The number of nitrogens with one attached hydrogen (secondary N) is 2. The Balaban J connectivity index is 1.25. The van der Waals surface area contributed by atoms with Gasteiger partial charge in [0.2, 0.25) is 0 Å². The van der Waals surface area contributed by atoms with Crippen molar-refractivity contribution in [3.63, 3.8) is 0 Å². The van der Waals surface area contributed by atoms with Crippen LogP contribution in [0.4, 0.5) is 0 Å². The largest absolute Gasteiger partial charge is 0.497 e. The SMILES string of the molecule is CCCCCCc1ccc(S(=O)(=O)[C@H]2[C@H](NCc3ccc(-c4cccc(OC)c4)cc3)[C@H]3CC[C@@H]2N3)cc1. The van der Waals surface area contributed by atoms with Crippen LogP contribution in [-0.4, -0.2) is 38.9 Å². The Kier molecular flexibility index (Phi) is 8.51. The fourth-order valence-corrected chi connectivity index (χ4v) is 8.25. The minimum Gasteiger partial charge on any atom is -0.497 e. The van der Waals surface area contributed by atoms with Crippen LogP contribution in [0.3, 0.4) is 0 Å². The van der Waals surface area contributed by atoms with E-state index in [-0.39, 0.29) is 18.1 Å². The van der Waals surface area contributed by atoms with E-state index in [0.717, 1.165) is 48.1 Å². The molecular formula is C32H40N2O3S. The normalized spacial score (nSPS) is 22.6. The van der Waals surface area contributed by atoms with Gasteiger partial charge in [-0.15, -0.1) is 0 Å². The summed E-state index contributed by atoms with van der Waals surface area (Å²) in [6.45, 7) is 2.85. The third kappa shape index (κ3) is 5.83.